The molecule has 2 unspecified atom stereocenters. The van der Waals surface area contributed by atoms with Crippen LogP contribution < -0.4 is 5.73 Å². The second-order valence-electron chi connectivity index (χ2n) is 5.46. The molecular weight excluding hydrogens is 200 g/mol. The van der Waals surface area contributed by atoms with Crippen LogP contribution in [0.3, 0.4) is 0 Å². The first kappa shape index (κ1) is 13.9. The molecule has 3 nitrogen and oxygen atoms in total. The Morgan fingerprint density at radius 1 is 1.38 bits per heavy atom. The third-order valence-electron chi connectivity index (χ3n) is 3.39. The van der Waals surface area contributed by atoms with Crippen molar-refractivity contribution >= 4 is 0 Å². The van der Waals surface area contributed by atoms with Gasteiger partial charge in [-0.2, -0.15) is 0 Å². The van der Waals surface area contributed by atoms with Crippen molar-refractivity contribution in [1.82, 2.24) is 4.90 Å². The van der Waals surface area contributed by atoms with E-state index >= 15 is 0 Å². The van der Waals surface area contributed by atoms with E-state index in [1.165, 1.54) is 25.8 Å². The lowest BCUT2D eigenvalue weighted by molar-refractivity contribution is 0.0887. The number of ether oxygens (including phenoxy) is 1. The Labute approximate surface area is 100 Å². The van der Waals surface area contributed by atoms with E-state index in [9.17, 15) is 0 Å². The molecule has 3 heteroatoms. The molecular formula is C13H28N2O. The van der Waals surface area contributed by atoms with Gasteiger partial charge in [0.1, 0.15) is 0 Å². The highest BCUT2D eigenvalue weighted by Gasteiger charge is 2.24. The summed E-state index contributed by atoms with van der Waals surface area (Å²) < 4.78 is 5.20. The first-order valence-electron chi connectivity index (χ1n) is 6.62. The highest BCUT2D eigenvalue weighted by atomic mass is 16.5. The quantitative estimate of drug-likeness (QED) is 0.754. The van der Waals surface area contributed by atoms with Crippen LogP contribution in [0.5, 0.6) is 0 Å². The Morgan fingerprint density at radius 2 is 2.12 bits per heavy atom. The van der Waals surface area contributed by atoms with Crippen LogP contribution in [0.4, 0.5) is 0 Å². The summed E-state index contributed by atoms with van der Waals surface area (Å²) in [6.45, 7) is 7.61. The van der Waals surface area contributed by atoms with Crippen molar-refractivity contribution in [2.75, 3.05) is 26.8 Å². The lowest BCUT2D eigenvalue weighted by atomic mass is 9.90. The van der Waals surface area contributed by atoms with E-state index in [1.807, 2.05) is 0 Å². The lowest BCUT2D eigenvalue weighted by Crippen LogP contribution is -2.45. The fourth-order valence-electron chi connectivity index (χ4n) is 2.63. The van der Waals surface area contributed by atoms with E-state index in [4.69, 9.17) is 10.5 Å². The van der Waals surface area contributed by atoms with Crippen LogP contribution in [-0.2, 0) is 4.74 Å². The molecule has 1 fully saturated rings. The average Bonchev–Trinajstić information content (AvgIpc) is 2.23. The number of methoxy groups -OCH3 is 1. The standard InChI is InChI=1S/C13H28N2O/c1-11(2)10-15(7-8-16-3)13-6-4-5-12(14)9-13/h11-13H,4-10,14H2,1-3H3. The van der Waals surface area contributed by atoms with Gasteiger partial charge in [0.25, 0.3) is 0 Å². The molecule has 1 aliphatic carbocycles. The van der Waals surface area contributed by atoms with Crippen LogP contribution in [0.15, 0.2) is 0 Å². The Balaban J connectivity index is 2.45. The molecule has 0 amide bonds. The highest BCUT2D eigenvalue weighted by molar-refractivity contribution is 4.82. The summed E-state index contributed by atoms with van der Waals surface area (Å²) >= 11 is 0. The Hall–Kier alpha value is -0.120. The second-order valence-corrected chi connectivity index (χ2v) is 5.46. The molecule has 0 aromatic carbocycles. The summed E-state index contributed by atoms with van der Waals surface area (Å²) in [4.78, 5) is 2.58. The van der Waals surface area contributed by atoms with Gasteiger partial charge in [-0.3, -0.25) is 4.90 Å². The van der Waals surface area contributed by atoms with Gasteiger partial charge >= 0.3 is 0 Å². The van der Waals surface area contributed by atoms with E-state index in [2.05, 4.69) is 18.7 Å². The van der Waals surface area contributed by atoms with Crippen molar-refractivity contribution in [3.63, 3.8) is 0 Å². The topological polar surface area (TPSA) is 38.5 Å². The van der Waals surface area contributed by atoms with Crippen LogP contribution in [0.2, 0.25) is 0 Å². The van der Waals surface area contributed by atoms with E-state index in [0.717, 1.165) is 25.5 Å². The van der Waals surface area contributed by atoms with Crippen molar-refractivity contribution < 1.29 is 4.74 Å². The molecule has 1 saturated carbocycles. The van der Waals surface area contributed by atoms with Crippen molar-refractivity contribution in [2.45, 2.75) is 51.6 Å². The van der Waals surface area contributed by atoms with E-state index < -0.39 is 0 Å². The summed E-state index contributed by atoms with van der Waals surface area (Å²) in [5.41, 5.74) is 6.06. The third-order valence-corrected chi connectivity index (χ3v) is 3.39. The first-order valence-corrected chi connectivity index (χ1v) is 6.62. The molecule has 0 radical (unpaired) electrons. The van der Waals surface area contributed by atoms with Crippen LogP contribution in [-0.4, -0.2) is 43.8 Å². The minimum Gasteiger partial charge on any atom is -0.383 e. The SMILES string of the molecule is COCCN(CC(C)C)C1CCCC(N)C1. The normalized spacial score (nSPS) is 26.6. The molecule has 2 atom stereocenters. The molecule has 0 saturated heterocycles. The maximum atomic E-state index is 6.06. The van der Waals surface area contributed by atoms with E-state index in [0.29, 0.717) is 12.1 Å². The lowest BCUT2D eigenvalue weighted by Gasteiger charge is -2.37. The Bertz CT molecular complexity index is 185. The van der Waals surface area contributed by atoms with Gasteiger partial charge in [-0.05, 0) is 25.2 Å². The summed E-state index contributed by atoms with van der Waals surface area (Å²) in [5, 5.41) is 0. The largest absolute Gasteiger partial charge is 0.383 e. The maximum Gasteiger partial charge on any atom is 0.0589 e. The summed E-state index contributed by atoms with van der Waals surface area (Å²) in [5.74, 6) is 0.718. The molecule has 0 aliphatic heterocycles. The van der Waals surface area contributed by atoms with Gasteiger partial charge < -0.3 is 10.5 Å². The number of hydrogen-bond acceptors (Lipinski definition) is 3. The fourth-order valence-corrected chi connectivity index (χ4v) is 2.63. The molecule has 16 heavy (non-hydrogen) atoms. The fraction of sp³-hybridized carbons (Fsp3) is 1.00. The van der Waals surface area contributed by atoms with Gasteiger partial charge in [-0.1, -0.05) is 20.3 Å². The van der Waals surface area contributed by atoms with Crippen molar-refractivity contribution in [3.8, 4) is 0 Å². The smallest absolute Gasteiger partial charge is 0.0589 e. The molecule has 96 valence electrons. The van der Waals surface area contributed by atoms with E-state index in [1.54, 1.807) is 7.11 Å². The summed E-state index contributed by atoms with van der Waals surface area (Å²) in [7, 11) is 1.78. The molecule has 0 heterocycles. The average molecular weight is 228 g/mol. The summed E-state index contributed by atoms with van der Waals surface area (Å²) in [6.07, 6.45) is 4.96. The molecule has 1 rings (SSSR count). The van der Waals surface area contributed by atoms with Gasteiger partial charge in [-0.15, -0.1) is 0 Å². The van der Waals surface area contributed by atoms with Crippen LogP contribution in [0.1, 0.15) is 39.5 Å². The zero-order chi connectivity index (χ0) is 12.0. The minimum atomic E-state index is 0.413. The van der Waals surface area contributed by atoms with Gasteiger partial charge in [0.2, 0.25) is 0 Å². The highest BCUT2D eigenvalue weighted by Crippen LogP contribution is 2.22. The van der Waals surface area contributed by atoms with Gasteiger partial charge in [0, 0.05) is 32.3 Å². The molecule has 0 spiro atoms. The monoisotopic (exact) mass is 228 g/mol. The van der Waals surface area contributed by atoms with Crippen LogP contribution >= 0.6 is 0 Å². The van der Waals surface area contributed by atoms with Crippen molar-refractivity contribution in [1.29, 1.82) is 0 Å². The zero-order valence-electron chi connectivity index (χ0n) is 11.1. The van der Waals surface area contributed by atoms with E-state index in [-0.39, 0.29) is 0 Å². The zero-order valence-corrected chi connectivity index (χ0v) is 11.1. The van der Waals surface area contributed by atoms with Crippen LogP contribution in [0, 0.1) is 5.92 Å². The molecule has 1 aliphatic rings. The number of rotatable bonds is 6. The van der Waals surface area contributed by atoms with Crippen molar-refractivity contribution in [2.24, 2.45) is 11.7 Å². The molecule has 2 N–H and O–H groups in total. The third kappa shape index (κ3) is 4.81. The number of nitrogens with zero attached hydrogens (tertiary/aromatic N) is 1. The Kier molecular flexibility index (Phi) is 6.32. The molecule has 0 aromatic rings. The maximum absolute atomic E-state index is 6.06. The number of nitrogens with two attached hydrogens (primary N) is 1. The number of hydrogen-bond donors (Lipinski definition) is 1. The van der Waals surface area contributed by atoms with Crippen molar-refractivity contribution in [3.05, 3.63) is 0 Å². The van der Waals surface area contributed by atoms with Crippen LogP contribution in [0.25, 0.3) is 0 Å². The minimum absolute atomic E-state index is 0.413. The second kappa shape index (κ2) is 7.25. The Morgan fingerprint density at radius 3 is 2.69 bits per heavy atom. The summed E-state index contributed by atoms with van der Waals surface area (Å²) in [6, 6.07) is 1.09. The van der Waals surface area contributed by atoms with Gasteiger partial charge in [0.05, 0.1) is 6.61 Å². The predicted molar refractivity (Wildman–Crippen MR) is 68.5 cm³/mol. The predicted octanol–water partition coefficient (Wildman–Crippen LogP) is 1.86. The molecule has 0 aromatic heterocycles. The van der Waals surface area contributed by atoms with Gasteiger partial charge in [0.15, 0.2) is 0 Å². The van der Waals surface area contributed by atoms with Gasteiger partial charge in [-0.25, -0.2) is 0 Å². The first-order chi connectivity index (χ1) is 7.63. The molecule has 0 bridgehead atoms.